The van der Waals surface area contributed by atoms with Crippen LogP contribution in [0.1, 0.15) is 42.8 Å². The number of benzene rings is 1. The van der Waals surface area contributed by atoms with Crippen LogP contribution in [0.15, 0.2) is 28.7 Å². The van der Waals surface area contributed by atoms with Crippen LogP contribution < -0.4 is 4.90 Å². The quantitative estimate of drug-likeness (QED) is 0.745. The summed E-state index contributed by atoms with van der Waals surface area (Å²) in [5, 5.41) is 9.12. The minimum atomic E-state index is -1.28. The van der Waals surface area contributed by atoms with E-state index < -0.39 is 11.9 Å². The molecule has 1 saturated carbocycles. The van der Waals surface area contributed by atoms with Crippen LogP contribution in [0.4, 0.5) is 10.2 Å². The van der Waals surface area contributed by atoms with Gasteiger partial charge in [0.15, 0.2) is 5.82 Å². The molecule has 0 atom stereocenters. The fraction of sp³-hybridized carbons (Fsp3) is 0.368. The zero-order chi connectivity index (χ0) is 19.0. The Hall–Kier alpha value is -3.03. The number of anilines is 1. The van der Waals surface area contributed by atoms with Crippen LogP contribution in [0.3, 0.4) is 0 Å². The zero-order valence-electron chi connectivity index (χ0n) is 14.9. The van der Waals surface area contributed by atoms with E-state index in [1.165, 1.54) is 18.6 Å². The highest BCUT2D eigenvalue weighted by Crippen LogP contribution is 2.33. The van der Waals surface area contributed by atoms with E-state index in [1.54, 1.807) is 12.1 Å². The van der Waals surface area contributed by atoms with Crippen molar-refractivity contribution in [3.63, 3.8) is 0 Å². The molecule has 0 spiro atoms. The molecule has 0 unspecified atom stereocenters. The van der Waals surface area contributed by atoms with Crippen molar-refractivity contribution in [1.29, 1.82) is 0 Å². The molecule has 1 fully saturated rings. The van der Waals surface area contributed by atoms with Gasteiger partial charge in [-0.15, -0.1) is 0 Å². The fourth-order valence-corrected chi connectivity index (χ4v) is 3.53. The lowest BCUT2D eigenvalue weighted by molar-refractivity contribution is 0.0656. The SMILES string of the molecule is CN(c1nc2oc(C(=O)O)nc2nc1-c1ccc(F)cc1)C1CCCCC1. The van der Waals surface area contributed by atoms with Crippen molar-refractivity contribution < 1.29 is 18.7 Å². The van der Waals surface area contributed by atoms with E-state index in [0.717, 1.165) is 25.7 Å². The van der Waals surface area contributed by atoms with Crippen molar-refractivity contribution in [1.82, 2.24) is 15.0 Å². The van der Waals surface area contributed by atoms with Gasteiger partial charge < -0.3 is 14.4 Å². The first-order valence-corrected chi connectivity index (χ1v) is 8.93. The normalized spacial score (nSPS) is 15.2. The summed E-state index contributed by atoms with van der Waals surface area (Å²) in [5.74, 6) is -1.49. The smallest absolute Gasteiger partial charge is 0.392 e. The van der Waals surface area contributed by atoms with Crippen molar-refractivity contribution >= 4 is 23.1 Å². The fourth-order valence-electron chi connectivity index (χ4n) is 3.53. The first-order valence-electron chi connectivity index (χ1n) is 8.93. The number of nitrogens with zero attached hydrogens (tertiary/aromatic N) is 4. The van der Waals surface area contributed by atoms with Crippen molar-refractivity contribution in [2.75, 3.05) is 11.9 Å². The third-order valence-corrected chi connectivity index (χ3v) is 4.99. The molecular weight excluding hydrogens is 351 g/mol. The molecule has 140 valence electrons. The maximum atomic E-state index is 13.4. The van der Waals surface area contributed by atoms with E-state index in [1.807, 2.05) is 7.05 Å². The molecule has 2 aromatic heterocycles. The molecule has 0 aliphatic heterocycles. The second-order valence-corrected chi connectivity index (χ2v) is 6.76. The molecular formula is C19H19FN4O3. The molecule has 8 heteroatoms. The van der Waals surface area contributed by atoms with Gasteiger partial charge in [-0.05, 0) is 37.1 Å². The molecule has 27 heavy (non-hydrogen) atoms. The third-order valence-electron chi connectivity index (χ3n) is 4.99. The number of rotatable bonds is 4. The standard InChI is InChI=1S/C19H19FN4O3/c1-24(13-5-3-2-4-6-13)16-14(11-7-9-12(20)10-8-11)21-15-17(23-16)27-18(22-15)19(25)26/h7-10,13H,2-6H2,1H3,(H,25,26). The second kappa shape index (κ2) is 6.94. The second-order valence-electron chi connectivity index (χ2n) is 6.76. The number of carbonyl (C=O) groups is 1. The average Bonchev–Trinajstić information content (AvgIpc) is 3.11. The van der Waals surface area contributed by atoms with Crippen LogP contribution in [0.25, 0.3) is 22.6 Å². The lowest BCUT2D eigenvalue weighted by Gasteiger charge is -2.32. The van der Waals surface area contributed by atoms with Gasteiger partial charge in [-0.3, -0.25) is 0 Å². The maximum Gasteiger partial charge on any atom is 0.392 e. The number of carboxylic acid groups (broad SMARTS) is 1. The van der Waals surface area contributed by atoms with Crippen LogP contribution in [-0.2, 0) is 0 Å². The maximum absolute atomic E-state index is 13.4. The Bertz CT molecular complexity index is 981. The minimum absolute atomic E-state index is 0.0796. The molecule has 1 aliphatic rings. The molecule has 2 heterocycles. The number of carboxylic acids is 1. The molecule has 1 aliphatic carbocycles. The van der Waals surface area contributed by atoms with Crippen LogP contribution >= 0.6 is 0 Å². The largest absolute Gasteiger partial charge is 0.474 e. The molecule has 4 rings (SSSR count). The van der Waals surface area contributed by atoms with Gasteiger partial charge in [-0.25, -0.2) is 14.2 Å². The summed E-state index contributed by atoms with van der Waals surface area (Å²) >= 11 is 0. The van der Waals surface area contributed by atoms with Crippen LogP contribution in [0.2, 0.25) is 0 Å². The molecule has 7 nitrogen and oxygen atoms in total. The highest BCUT2D eigenvalue weighted by Gasteiger charge is 2.25. The predicted molar refractivity (Wildman–Crippen MR) is 97.2 cm³/mol. The minimum Gasteiger partial charge on any atom is -0.474 e. The van der Waals surface area contributed by atoms with Crippen LogP contribution in [0, 0.1) is 5.82 Å². The summed E-state index contributed by atoms with van der Waals surface area (Å²) < 4.78 is 18.6. The average molecular weight is 370 g/mol. The van der Waals surface area contributed by atoms with E-state index in [2.05, 4.69) is 19.9 Å². The molecule has 1 aromatic carbocycles. The molecule has 0 bridgehead atoms. The van der Waals surface area contributed by atoms with E-state index in [-0.39, 0.29) is 17.2 Å². The molecule has 0 radical (unpaired) electrons. The van der Waals surface area contributed by atoms with Crippen molar-refractivity contribution in [3.05, 3.63) is 36.0 Å². The van der Waals surface area contributed by atoms with Gasteiger partial charge in [-0.2, -0.15) is 9.97 Å². The Kier molecular flexibility index (Phi) is 4.47. The summed E-state index contributed by atoms with van der Waals surface area (Å²) in [6.45, 7) is 0. The lowest BCUT2D eigenvalue weighted by atomic mass is 9.94. The summed E-state index contributed by atoms with van der Waals surface area (Å²) in [4.78, 5) is 26.2. The number of hydrogen-bond acceptors (Lipinski definition) is 6. The predicted octanol–water partition coefficient (Wildman–Crippen LogP) is 3.89. The first kappa shape index (κ1) is 17.4. The Morgan fingerprint density at radius 3 is 2.52 bits per heavy atom. The zero-order valence-corrected chi connectivity index (χ0v) is 14.9. The van der Waals surface area contributed by atoms with Gasteiger partial charge in [-0.1, -0.05) is 19.3 Å². The van der Waals surface area contributed by atoms with Crippen molar-refractivity contribution in [2.45, 2.75) is 38.1 Å². The molecule has 0 amide bonds. The Morgan fingerprint density at radius 1 is 1.15 bits per heavy atom. The highest BCUT2D eigenvalue weighted by atomic mass is 19.1. The van der Waals surface area contributed by atoms with E-state index in [9.17, 15) is 9.18 Å². The highest BCUT2D eigenvalue weighted by molar-refractivity contribution is 5.86. The van der Waals surface area contributed by atoms with Crippen LogP contribution in [-0.4, -0.2) is 39.1 Å². The number of aromatic nitrogens is 3. The van der Waals surface area contributed by atoms with Crippen LogP contribution in [0.5, 0.6) is 0 Å². The summed E-state index contributed by atoms with van der Waals surface area (Å²) in [6, 6.07) is 6.28. The number of oxazole rings is 1. The van der Waals surface area contributed by atoms with Gasteiger partial charge >= 0.3 is 11.9 Å². The van der Waals surface area contributed by atoms with E-state index >= 15 is 0 Å². The summed E-state index contributed by atoms with van der Waals surface area (Å²) in [6.07, 6.45) is 5.64. The number of aromatic carboxylic acids is 1. The van der Waals surface area contributed by atoms with Gasteiger partial charge in [0.2, 0.25) is 5.65 Å². The van der Waals surface area contributed by atoms with Gasteiger partial charge in [0, 0.05) is 18.7 Å². The van der Waals surface area contributed by atoms with Gasteiger partial charge in [0.05, 0.1) is 0 Å². The topological polar surface area (TPSA) is 92.4 Å². The summed E-state index contributed by atoms with van der Waals surface area (Å²) in [5.41, 5.74) is 1.41. The molecule has 0 saturated heterocycles. The van der Waals surface area contributed by atoms with Gasteiger partial charge in [0.1, 0.15) is 11.5 Å². The number of hydrogen-bond donors (Lipinski definition) is 1. The Labute approximate surface area is 154 Å². The van der Waals surface area contributed by atoms with Crippen molar-refractivity contribution in [3.8, 4) is 11.3 Å². The third kappa shape index (κ3) is 3.34. The summed E-state index contributed by atoms with van der Waals surface area (Å²) in [7, 11) is 1.95. The Morgan fingerprint density at radius 2 is 1.85 bits per heavy atom. The first-order chi connectivity index (χ1) is 13.0. The Balaban J connectivity index is 1.86. The van der Waals surface area contributed by atoms with E-state index in [4.69, 9.17) is 9.52 Å². The van der Waals surface area contributed by atoms with E-state index in [0.29, 0.717) is 23.1 Å². The van der Waals surface area contributed by atoms with Gasteiger partial charge in [0.25, 0.3) is 5.71 Å². The molecule has 3 aromatic rings. The lowest BCUT2D eigenvalue weighted by Crippen LogP contribution is -2.34. The van der Waals surface area contributed by atoms with Crippen molar-refractivity contribution in [2.24, 2.45) is 0 Å². The number of halogens is 1. The number of fused-ring (bicyclic) bond motifs is 1. The molecule has 1 N–H and O–H groups in total. The monoisotopic (exact) mass is 370 g/mol.